The van der Waals surface area contributed by atoms with E-state index >= 15 is 0 Å². The van der Waals surface area contributed by atoms with Crippen molar-refractivity contribution in [1.82, 2.24) is 0 Å². The summed E-state index contributed by atoms with van der Waals surface area (Å²) in [6, 6.07) is 23.4. The Kier molecular flexibility index (Phi) is 6.92. The molecule has 3 aromatic carbocycles. The number of benzene rings is 3. The molecule has 1 aliphatic rings. The van der Waals surface area contributed by atoms with E-state index in [-0.39, 0.29) is 6.08 Å². The van der Waals surface area contributed by atoms with Crippen LogP contribution < -0.4 is 19.4 Å². The molecule has 1 aliphatic heterocycles. The number of anilines is 3. The van der Waals surface area contributed by atoms with E-state index in [2.05, 4.69) is 100 Å². The molecule has 0 amide bonds. The molecule has 0 unspecified atom stereocenters. The Morgan fingerprint density at radius 3 is 1.63 bits per heavy atom. The normalized spacial score (nSPS) is 15.1. The summed E-state index contributed by atoms with van der Waals surface area (Å²) in [5.74, 6) is 0.759. The summed E-state index contributed by atoms with van der Waals surface area (Å²) in [6.45, 7) is 6.16. The first kappa shape index (κ1) is 24.5. The molecule has 3 aromatic rings. The average Bonchev–Trinajstić information content (AvgIpc) is 2.88. The van der Waals surface area contributed by atoms with Crippen molar-refractivity contribution in [1.29, 1.82) is 0 Å². The Bertz CT molecular complexity index is 1130. The minimum absolute atomic E-state index is 0.252. The maximum Gasteiger partial charge on any atom is 0.390 e. The molecule has 6 nitrogen and oxygen atoms in total. The third-order valence-electron chi connectivity index (χ3n) is 6.67. The fourth-order valence-corrected chi connectivity index (χ4v) is 4.65. The second-order valence-corrected chi connectivity index (χ2v) is 9.11. The van der Waals surface area contributed by atoms with Crippen LogP contribution >= 0.6 is 0 Å². The predicted octanol–water partition coefficient (Wildman–Crippen LogP) is 5.35. The SMILES string of the molecule is CCN(CC)c1ccc2c(c1)OC(=NC)OC2(c1ccc(N(C)C)cc1)c1ccc(N(C)C)cc1. The molecule has 0 aromatic heterocycles. The maximum atomic E-state index is 6.66. The molecular weight excluding hydrogens is 436 g/mol. The Balaban J connectivity index is 1.98. The van der Waals surface area contributed by atoms with Gasteiger partial charge in [0.15, 0.2) is 5.60 Å². The highest BCUT2D eigenvalue weighted by molar-refractivity contribution is 5.78. The fourth-order valence-electron chi connectivity index (χ4n) is 4.65. The number of rotatable bonds is 7. The second kappa shape index (κ2) is 9.90. The third kappa shape index (κ3) is 4.41. The van der Waals surface area contributed by atoms with Crippen molar-refractivity contribution in [2.75, 3.05) is 63.0 Å². The Morgan fingerprint density at radius 1 is 0.714 bits per heavy atom. The van der Waals surface area contributed by atoms with E-state index in [0.717, 1.165) is 52.6 Å². The lowest BCUT2D eigenvalue weighted by Gasteiger charge is -2.40. The molecule has 0 fully saturated rings. The van der Waals surface area contributed by atoms with Crippen molar-refractivity contribution in [2.24, 2.45) is 4.99 Å². The number of hydrogen-bond donors (Lipinski definition) is 0. The molecule has 4 rings (SSSR count). The standard InChI is InChI=1S/C29H36N4O2/c1-8-33(9-2)25-18-19-26-27(20-25)34-28(30-3)35-29(26,21-10-14-23(15-11-21)31(4)5)22-12-16-24(17-13-22)32(6)7/h10-20H,8-9H2,1-7H3. The van der Waals surface area contributed by atoms with Crippen LogP contribution in [0.1, 0.15) is 30.5 Å². The van der Waals surface area contributed by atoms with Crippen molar-refractivity contribution in [3.8, 4) is 5.75 Å². The average molecular weight is 473 g/mol. The largest absolute Gasteiger partial charge is 0.429 e. The van der Waals surface area contributed by atoms with Crippen LogP contribution in [-0.4, -0.2) is 54.4 Å². The third-order valence-corrected chi connectivity index (χ3v) is 6.67. The molecular formula is C29H36N4O2. The van der Waals surface area contributed by atoms with Crippen LogP contribution in [-0.2, 0) is 10.3 Å². The van der Waals surface area contributed by atoms with Gasteiger partial charge in [0.2, 0.25) is 0 Å². The first-order valence-electron chi connectivity index (χ1n) is 12.1. The van der Waals surface area contributed by atoms with Gasteiger partial charge in [0.05, 0.1) is 0 Å². The molecule has 0 spiro atoms. The van der Waals surface area contributed by atoms with Gasteiger partial charge in [-0.15, -0.1) is 0 Å². The minimum atomic E-state index is -0.903. The summed E-state index contributed by atoms with van der Waals surface area (Å²) in [4.78, 5) is 10.8. The lowest BCUT2D eigenvalue weighted by molar-refractivity contribution is 0.0826. The van der Waals surface area contributed by atoms with Crippen molar-refractivity contribution in [3.05, 3.63) is 83.4 Å². The van der Waals surface area contributed by atoms with Crippen LogP contribution in [0, 0.1) is 0 Å². The van der Waals surface area contributed by atoms with Crippen LogP contribution in [0.2, 0.25) is 0 Å². The van der Waals surface area contributed by atoms with Gasteiger partial charge in [0.1, 0.15) is 5.75 Å². The number of ether oxygens (including phenoxy) is 2. The quantitative estimate of drug-likeness (QED) is 0.464. The van der Waals surface area contributed by atoms with E-state index < -0.39 is 5.60 Å². The van der Waals surface area contributed by atoms with E-state index in [9.17, 15) is 0 Å². The van der Waals surface area contributed by atoms with Crippen molar-refractivity contribution in [3.63, 3.8) is 0 Å². The van der Waals surface area contributed by atoms with Gasteiger partial charge in [-0.05, 0) is 50.2 Å². The van der Waals surface area contributed by atoms with Crippen LogP contribution in [0.3, 0.4) is 0 Å². The number of aliphatic imine (C=N–C) groups is 1. The van der Waals surface area contributed by atoms with Gasteiger partial charge in [-0.1, -0.05) is 24.3 Å². The van der Waals surface area contributed by atoms with E-state index in [1.165, 1.54) is 0 Å². The summed E-state index contributed by atoms with van der Waals surface area (Å²) in [5, 5.41) is 0. The Hall–Kier alpha value is -3.67. The number of nitrogens with zero attached hydrogens (tertiary/aromatic N) is 4. The molecule has 0 saturated heterocycles. The maximum absolute atomic E-state index is 6.66. The fraction of sp³-hybridized carbons (Fsp3) is 0.345. The van der Waals surface area contributed by atoms with Crippen LogP contribution in [0.15, 0.2) is 71.7 Å². The second-order valence-electron chi connectivity index (χ2n) is 9.11. The van der Waals surface area contributed by atoms with Crippen molar-refractivity contribution >= 4 is 23.1 Å². The first-order chi connectivity index (χ1) is 16.8. The highest BCUT2D eigenvalue weighted by Gasteiger charge is 2.46. The van der Waals surface area contributed by atoms with Gasteiger partial charge in [0, 0.05) is 88.1 Å². The van der Waals surface area contributed by atoms with Crippen molar-refractivity contribution in [2.45, 2.75) is 19.4 Å². The minimum Gasteiger partial charge on any atom is -0.429 e. The zero-order valence-electron chi connectivity index (χ0n) is 21.9. The Morgan fingerprint density at radius 2 is 1.20 bits per heavy atom. The molecule has 35 heavy (non-hydrogen) atoms. The zero-order chi connectivity index (χ0) is 25.2. The van der Waals surface area contributed by atoms with Crippen LogP contribution in [0.25, 0.3) is 0 Å². The molecule has 0 bridgehead atoms. The summed E-state index contributed by atoms with van der Waals surface area (Å²) in [7, 11) is 9.87. The summed E-state index contributed by atoms with van der Waals surface area (Å²) in [6.07, 6.45) is 0.252. The molecule has 0 aliphatic carbocycles. The van der Waals surface area contributed by atoms with Crippen molar-refractivity contribution < 1.29 is 9.47 Å². The molecule has 0 atom stereocenters. The monoisotopic (exact) mass is 472 g/mol. The summed E-state index contributed by atoms with van der Waals surface area (Å²) < 4.78 is 12.8. The highest BCUT2D eigenvalue weighted by Crippen LogP contribution is 2.48. The number of hydrogen-bond acceptors (Lipinski definition) is 6. The first-order valence-corrected chi connectivity index (χ1v) is 12.1. The lowest BCUT2D eigenvalue weighted by atomic mass is 9.79. The van der Waals surface area contributed by atoms with Gasteiger partial charge >= 0.3 is 6.08 Å². The van der Waals surface area contributed by atoms with E-state index in [0.29, 0.717) is 0 Å². The highest BCUT2D eigenvalue weighted by atomic mass is 16.7. The number of fused-ring (bicyclic) bond motifs is 1. The molecule has 184 valence electrons. The molecule has 6 heteroatoms. The molecule has 1 heterocycles. The van der Waals surface area contributed by atoms with Gasteiger partial charge in [-0.2, -0.15) is 0 Å². The van der Waals surface area contributed by atoms with E-state index in [1.807, 2.05) is 28.2 Å². The van der Waals surface area contributed by atoms with Gasteiger partial charge < -0.3 is 24.2 Å². The summed E-state index contributed by atoms with van der Waals surface area (Å²) in [5.41, 5.74) is 5.45. The zero-order valence-corrected chi connectivity index (χ0v) is 21.9. The summed E-state index contributed by atoms with van der Waals surface area (Å²) >= 11 is 0. The van der Waals surface area contributed by atoms with Crippen LogP contribution in [0.5, 0.6) is 5.75 Å². The predicted molar refractivity (Wildman–Crippen MR) is 146 cm³/mol. The molecule has 0 radical (unpaired) electrons. The van der Waals surface area contributed by atoms with Gasteiger partial charge in [-0.3, -0.25) is 0 Å². The lowest BCUT2D eigenvalue weighted by Crippen LogP contribution is -2.41. The van der Waals surface area contributed by atoms with Gasteiger partial charge in [0.25, 0.3) is 0 Å². The Labute approximate surface area is 209 Å². The molecule has 0 N–H and O–H groups in total. The van der Waals surface area contributed by atoms with E-state index in [4.69, 9.17) is 9.47 Å². The smallest absolute Gasteiger partial charge is 0.390 e. The van der Waals surface area contributed by atoms with Gasteiger partial charge in [-0.25, -0.2) is 4.99 Å². The van der Waals surface area contributed by atoms with Crippen LogP contribution in [0.4, 0.5) is 17.1 Å². The molecule has 0 saturated carbocycles. The van der Waals surface area contributed by atoms with E-state index in [1.54, 1.807) is 7.05 Å². The topological polar surface area (TPSA) is 40.5 Å².